The first-order valence-corrected chi connectivity index (χ1v) is 13.6. The number of morpholine rings is 2. The van der Waals surface area contributed by atoms with E-state index in [4.69, 9.17) is 14.2 Å². The molecule has 0 radical (unpaired) electrons. The molecule has 3 fully saturated rings. The van der Waals surface area contributed by atoms with Crippen LogP contribution < -0.4 is 4.74 Å². The molecule has 0 saturated carbocycles. The third kappa shape index (κ3) is 5.73. The molecule has 0 aromatic heterocycles. The first-order valence-electron chi connectivity index (χ1n) is 12.2. The van der Waals surface area contributed by atoms with E-state index in [9.17, 15) is 13.2 Å². The van der Waals surface area contributed by atoms with E-state index in [1.807, 2.05) is 4.90 Å². The predicted molar refractivity (Wildman–Crippen MR) is 127 cm³/mol. The second-order valence-electron chi connectivity index (χ2n) is 9.54. The summed E-state index contributed by atoms with van der Waals surface area (Å²) in [4.78, 5) is 17.8. The van der Waals surface area contributed by atoms with Crippen LogP contribution in [0.3, 0.4) is 0 Å². The van der Waals surface area contributed by atoms with Crippen LogP contribution in [-0.4, -0.2) is 106 Å². The lowest BCUT2D eigenvalue weighted by molar-refractivity contribution is -0.132. The molecule has 0 aliphatic carbocycles. The highest BCUT2D eigenvalue weighted by Gasteiger charge is 2.33. The first-order chi connectivity index (χ1) is 16.3. The second-order valence-corrected chi connectivity index (χ2v) is 11.4. The normalized spacial score (nSPS) is 27.1. The monoisotopic (exact) mass is 495 g/mol. The molecule has 1 amide bonds. The van der Waals surface area contributed by atoms with Gasteiger partial charge < -0.3 is 19.1 Å². The van der Waals surface area contributed by atoms with Crippen LogP contribution in [0.5, 0.6) is 5.75 Å². The maximum atomic E-state index is 13.3. The molecule has 3 atom stereocenters. The zero-order valence-electron chi connectivity index (χ0n) is 20.4. The second kappa shape index (κ2) is 10.9. The number of benzene rings is 1. The number of carbonyl (C=O) groups excluding carboxylic acids is 1. The summed E-state index contributed by atoms with van der Waals surface area (Å²) in [6.45, 7) is 8.89. The van der Waals surface area contributed by atoms with Gasteiger partial charge in [0, 0.05) is 45.3 Å². The summed E-state index contributed by atoms with van der Waals surface area (Å²) in [6.07, 6.45) is 2.54. The Balaban J connectivity index is 1.46. The standard InChI is InChI=1S/C24H37N3O6S/c1-18-15-25(16-19(2)33-18)17-21-5-4-8-27(21)24(28)14-20-6-7-22(31-3)23(13-20)34(29,30)26-9-11-32-12-10-26/h6-7,13,18-19,21H,4-5,8-12,14-17H2,1-3H3/t18-,19-,21+/m0/s1. The van der Waals surface area contributed by atoms with Crippen molar-refractivity contribution in [3.05, 3.63) is 23.8 Å². The van der Waals surface area contributed by atoms with E-state index in [1.54, 1.807) is 18.2 Å². The highest BCUT2D eigenvalue weighted by molar-refractivity contribution is 7.89. The summed E-state index contributed by atoms with van der Waals surface area (Å²) in [5.41, 5.74) is 0.678. The molecular formula is C24H37N3O6S. The van der Waals surface area contributed by atoms with Gasteiger partial charge in [-0.3, -0.25) is 9.69 Å². The molecular weight excluding hydrogens is 458 g/mol. The first kappa shape index (κ1) is 25.4. The number of amides is 1. The third-order valence-corrected chi connectivity index (χ3v) is 8.75. The average molecular weight is 496 g/mol. The van der Waals surface area contributed by atoms with Crippen molar-refractivity contribution in [2.24, 2.45) is 0 Å². The minimum Gasteiger partial charge on any atom is -0.495 e. The van der Waals surface area contributed by atoms with Gasteiger partial charge in [0.1, 0.15) is 10.6 Å². The average Bonchev–Trinajstić information content (AvgIpc) is 3.27. The van der Waals surface area contributed by atoms with E-state index >= 15 is 0 Å². The predicted octanol–water partition coefficient (Wildman–Crippen LogP) is 1.36. The highest BCUT2D eigenvalue weighted by Crippen LogP contribution is 2.29. The van der Waals surface area contributed by atoms with Gasteiger partial charge in [-0.05, 0) is 44.4 Å². The van der Waals surface area contributed by atoms with Gasteiger partial charge in [0.15, 0.2) is 0 Å². The minimum absolute atomic E-state index is 0.0387. The van der Waals surface area contributed by atoms with Gasteiger partial charge in [0.05, 0.1) is 39.0 Å². The maximum Gasteiger partial charge on any atom is 0.246 e. The number of sulfonamides is 1. The van der Waals surface area contributed by atoms with Crippen molar-refractivity contribution < 1.29 is 27.4 Å². The third-order valence-electron chi connectivity index (χ3n) is 6.83. The lowest BCUT2D eigenvalue weighted by Crippen LogP contribution is -2.51. The van der Waals surface area contributed by atoms with Crippen LogP contribution in [-0.2, 0) is 30.7 Å². The molecule has 9 nitrogen and oxygen atoms in total. The number of hydrogen-bond donors (Lipinski definition) is 0. The van der Waals surface area contributed by atoms with Crippen molar-refractivity contribution in [3.8, 4) is 5.75 Å². The topological polar surface area (TPSA) is 88.6 Å². The van der Waals surface area contributed by atoms with Crippen LogP contribution >= 0.6 is 0 Å². The van der Waals surface area contributed by atoms with Gasteiger partial charge >= 0.3 is 0 Å². The Kier molecular flexibility index (Phi) is 8.14. The largest absolute Gasteiger partial charge is 0.495 e. The van der Waals surface area contributed by atoms with Crippen molar-refractivity contribution in [2.45, 2.75) is 56.3 Å². The molecule has 3 aliphatic rings. The molecule has 3 aliphatic heterocycles. The van der Waals surface area contributed by atoms with E-state index < -0.39 is 10.0 Å². The number of nitrogens with zero attached hydrogens (tertiary/aromatic N) is 3. The molecule has 190 valence electrons. The van der Waals surface area contributed by atoms with Crippen molar-refractivity contribution in [2.75, 3.05) is 59.6 Å². The molecule has 34 heavy (non-hydrogen) atoms. The van der Waals surface area contributed by atoms with Gasteiger partial charge in [-0.2, -0.15) is 4.31 Å². The molecule has 10 heteroatoms. The van der Waals surface area contributed by atoms with Crippen molar-refractivity contribution in [1.82, 2.24) is 14.1 Å². The molecule has 1 aromatic rings. The van der Waals surface area contributed by atoms with Crippen LogP contribution in [0.15, 0.2) is 23.1 Å². The van der Waals surface area contributed by atoms with E-state index in [2.05, 4.69) is 18.7 Å². The number of hydrogen-bond acceptors (Lipinski definition) is 7. The quantitative estimate of drug-likeness (QED) is 0.564. The van der Waals surface area contributed by atoms with Gasteiger partial charge in [-0.25, -0.2) is 8.42 Å². The Bertz CT molecular complexity index is 955. The smallest absolute Gasteiger partial charge is 0.246 e. The maximum absolute atomic E-state index is 13.3. The van der Waals surface area contributed by atoms with Gasteiger partial charge in [0.25, 0.3) is 0 Å². The number of carbonyl (C=O) groups is 1. The Morgan fingerprint density at radius 2 is 1.82 bits per heavy atom. The molecule has 1 aromatic carbocycles. The molecule has 0 N–H and O–H groups in total. The molecule has 0 bridgehead atoms. The van der Waals surface area contributed by atoms with Crippen molar-refractivity contribution >= 4 is 15.9 Å². The molecule has 0 unspecified atom stereocenters. The van der Waals surface area contributed by atoms with Gasteiger partial charge in [-0.1, -0.05) is 6.07 Å². The fourth-order valence-corrected chi connectivity index (χ4v) is 6.93. The number of ether oxygens (including phenoxy) is 3. The van der Waals surface area contributed by atoms with E-state index in [0.29, 0.717) is 31.9 Å². The summed E-state index contributed by atoms with van der Waals surface area (Å²) < 4.78 is 44.4. The number of methoxy groups -OCH3 is 1. The lowest BCUT2D eigenvalue weighted by atomic mass is 10.1. The summed E-state index contributed by atoms with van der Waals surface area (Å²) in [5.74, 6) is 0.328. The Morgan fingerprint density at radius 3 is 2.50 bits per heavy atom. The van der Waals surface area contributed by atoms with Crippen LogP contribution in [0.1, 0.15) is 32.3 Å². The van der Waals surface area contributed by atoms with Crippen LogP contribution in [0.25, 0.3) is 0 Å². The number of likely N-dealkylation sites (tertiary alicyclic amines) is 1. The zero-order chi connectivity index (χ0) is 24.3. The summed E-state index contributed by atoms with van der Waals surface area (Å²) >= 11 is 0. The Morgan fingerprint density at radius 1 is 1.12 bits per heavy atom. The number of rotatable bonds is 7. The summed E-state index contributed by atoms with van der Waals surface area (Å²) in [7, 11) is -2.28. The summed E-state index contributed by atoms with van der Waals surface area (Å²) in [5, 5.41) is 0. The Hall–Kier alpha value is -1.72. The molecule has 3 heterocycles. The van der Waals surface area contributed by atoms with Crippen molar-refractivity contribution in [1.29, 1.82) is 0 Å². The lowest BCUT2D eigenvalue weighted by Gasteiger charge is -2.38. The van der Waals surface area contributed by atoms with Crippen LogP contribution in [0, 0.1) is 0 Å². The minimum atomic E-state index is -3.74. The van der Waals surface area contributed by atoms with E-state index in [1.165, 1.54) is 11.4 Å². The van der Waals surface area contributed by atoms with Gasteiger partial charge in [0.2, 0.25) is 15.9 Å². The Labute approximate surface area is 203 Å². The van der Waals surface area contributed by atoms with Crippen molar-refractivity contribution in [3.63, 3.8) is 0 Å². The molecule has 0 spiro atoms. The summed E-state index contributed by atoms with van der Waals surface area (Å²) in [6, 6.07) is 5.21. The van der Waals surface area contributed by atoms with E-state index in [-0.39, 0.29) is 41.2 Å². The zero-order valence-corrected chi connectivity index (χ0v) is 21.3. The van der Waals surface area contributed by atoms with Crippen LogP contribution in [0.4, 0.5) is 0 Å². The van der Waals surface area contributed by atoms with E-state index in [0.717, 1.165) is 39.0 Å². The highest BCUT2D eigenvalue weighted by atomic mass is 32.2. The molecule has 4 rings (SSSR count). The SMILES string of the molecule is COc1ccc(CC(=O)N2CCC[C@@H]2CN2C[C@H](C)O[C@@H](C)C2)cc1S(=O)(=O)N1CCOCC1. The molecule has 3 saturated heterocycles. The van der Waals surface area contributed by atoms with Gasteiger partial charge in [-0.15, -0.1) is 0 Å². The fraction of sp³-hybridized carbons (Fsp3) is 0.708. The fourth-order valence-electron chi connectivity index (χ4n) is 5.32. The van der Waals surface area contributed by atoms with Crippen LogP contribution in [0.2, 0.25) is 0 Å².